The van der Waals surface area contributed by atoms with Crippen LogP contribution >= 0.6 is 23.5 Å². The molecule has 0 atom stereocenters. The maximum atomic E-state index is 11.6. The van der Waals surface area contributed by atoms with E-state index < -0.39 is 0 Å². The van der Waals surface area contributed by atoms with E-state index in [1.54, 1.807) is 30.6 Å². The summed E-state index contributed by atoms with van der Waals surface area (Å²) >= 11 is 3.41. The van der Waals surface area contributed by atoms with Gasteiger partial charge in [0.05, 0.1) is 0 Å². The SMILES string of the molecule is CNNC(=O)CCc1ccc(Oc2ccc(SC)cc2)c(CN(C)C)c1.CSc1ccc(Oc2ccc(CCC(N)=O)cc2CN(C)C)cc1. The number of rotatable bonds is 17. The molecule has 0 spiro atoms. The highest BCUT2D eigenvalue weighted by atomic mass is 32.2. The molecule has 4 rings (SSSR count). The number of thioether (sulfide) groups is 2. The van der Waals surface area contributed by atoms with Gasteiger partial charge in [0.2, 0.25) is 11.8 Å². The van der Waals surface area contributed by atoms with Crippen molar-refractivity contribution >= 4 is 35.3 Å². The van der Waals surface area contributed by atoms with E-state index in [0.29, 0.717) is 25.7 Å². The summed E-state index contributed by atoms with van der Waals surface area (Å²) in [4.78, 5) is 29.2. The van der Waals surface area contributed by atoms with Crippen LogP contribution in [0.5, 0.6) is 23.0 Å². The molecule has 0 fully saturated rings. The number of benzene rings is 4. The number of nitrogens with two attached hydrogens (primary N) is 1. The van der Waals surface area contributed by atoms with Crippen LogP contribution in [0, 0.1) is 0 Å². The van der Waals surface area contributed by atoms with Gasteiger partial charge in [-0.15, -0.1) is 23.5 Å². The molecule has 0 saturated heterocycles. The number of carbonyl (C=O) groups excluding carboxylic acids is 2. The number of aryl methyl sites for hydroxylation is 2. The molecule has 50 heavy (non-hydrogen) atoms. The van der Waals surface area contributed by atoms with Gasteiger partial charge in [-0.05, 0) is 125 Å². The predicted molar refractivity (Wildman–Crippen MR) is 207 cm³/mol. The number of hydrogen-bond donors (Lipinski definition) is 3. The lowest BCUT2D eigenvalue weighted by molar-refractivity contribution is -0.122. The van der Waals surface area contributed by atoms with E-state index >= 15 is 0 Å². The normalized spacial score (nSPS) is 10.8. The van der Waals surface area contributed by atoms with Crippen LogP contribution in [0.25, 0.3) is 0 Å². The molecule has 0 aliphatic heterocycles. The van der Waals surface area contributed by atoms with Crippen LogP contribution in [0.2, 0.25) is 0 Å². The van der Waals surface area contributed by atoms with Crippen LogP contribution in [0.4, 0.5) is 0 Å². The smallest absolute Gasteiger partial charge is 0.234 e. The molecule has 2 amide bonds. The molecule has 0 bridgehead atoms. The minimum atomic E-state index is -0.279. The molecular weight excluding hydrogens is 667 g/mol. The molecule has 0 saturated carbocycles. The first-order valence-electron chi connectivity index (χ1n) is 16.4. The molecule has 0 aliphatic rings. The van der Waals surface area contributed by atoms with Gasteiger partial charge in [0.15, 0.2) is 0 Å². The van der Waals surface area contributed by atoms with E-state index in [9.17, 15) is 9.59 Å². The van der Waals surface area contributed by atoms with E-state index in [1.807, 2.05) is 88.9 Å². The van der Waals surface area contributed by atoms with Crippen molar-refractivity contribution < 1.29 is 19.1 Å². The van der Waals surface area contributed by atoms with Crippen molar-refractivity contribution in [3.63, 3.8) is 0 Å². The molecule has 4 aromatic rings. The van der Waals surface area contributed by atoms with Crippen LogP contribution in [-0.2, 0) is 35.5 Å². The average Bonchev–Trinajstić information content (AvgIpc) is 3.09. The lowest BCUT2D eigenvalue weighted by atomic mass is 10.0. The Labute approximate surface area is 306 Å². The molecule has 0 aliphatic carbocycles. The van der Waals surface area contributed by atoms with E-state index in [0.717, 1.165) is 58.3 Å². The number of primary amides is 1. The van der Waals surface area contributed by atoms with Crippen molar-refractivity contribution in [2.45, 2.75) is 48.6 Å². The monoisotopic (exact) mass is 717 g/mol. The van der Waals surface area contributed by atoms with Gasteiger partial charge < -0.3 is 25.0 Å². The van der Waals surface area contributed by atoms with E-state index in [2.05, 4.69) is 57.4 Å². The van der Waals surface area contributed by atoms with Crippen LogP contribution in [-0.4, -0.2) is 69.4 Å². The number of nitrogens with zero attached hydrogens (tertiary/aromatic N) is 2. The molecule has 0 radical (unpaired) electrons. The number of hydrazine groups is 1. The van der Waals surface area contributed by atoms with Gasteiger partial charge in [0, 0.05) is 53.9 Å². The second-order valence-electron chi connectivity index (χ2n) is 12.2. The highest BCUT2D eigenvalue weighted by Gasteiger charge is 2.11. The van der Waals surface area contributed by atoms with Crippen molar-refractivity contribution in [2.75, 3.05) is 47.7 Å². The Hall–Kier alpha value is -4.00. The van der Waals surface area contributed by atoms with Gasteiger partial charge in [-0.2, -0.15) is 0 Å². The van der Waals surface area contributed by atoms with Gasteiger partial charge in [-0.3, -0.25) is 15.0 Å². The molecule has 0 heterocycles. The topological polar surface area (TPSA) is 109 Å². The van der Waals surface area contributed by atoms with Crippen molar-refractivity contribution in [2.24, 2.45) is 5.73 Å². The number of hydrogen-bond acceptors (Lipinski definition) is 9. The third kappa shape index (κ3) is 14.5. The first kappa shape index (κ1) is 40.4. The Bertz CT molecular complexity index is 1650. The van der Waals surface area contributed by atoms with Gasteiger partial charge in [0.1, 0.15) is 23.0 Å². The van der Waals surface area contributed by atoms with Crippen LogP contribution in [0.3, 0.4) is 0 Å². The van der Waals surface area contributed by atoms with Gasteiger partial charge in [-0.1, -0.05) is 24.3 Å². The Balaban J connectivity index is 0.000000271. The Kier molecular flexibility index (Phi) is 17.2. The molecule has 0 unspecified atom stereocenters. The van der Waals surface area contributed by atoms with Gasteiger partial charge >= 0.3 is 0 Å². The second-order valence-corrected chi connectivity index (χ2v) is 13.9. The highest BCUT2D eigenvalue weighted by Crippen LogP contribution is 2.30. The first-order valence-corrected chi connectivity index (χ1v) is 18.8. The molecular formula is C39H51N5O4S2. The molecule has 0 aromatic heterocycles. The van der Waals surface area contributed by atoms with Gasteiger partial charge in [-0.25, -0.2) is 5.43 Å². The average molecular weight is 718 g/mol. The first-order chi connectivity index (χ1) is 24.0. The summed E-state index contributed by atoms with van der Waals surface area (Å²) in [6.45, 7) is 1.54. The number of nitrogens with one attached hydrogen (secondary N) is 2. The Morgan fingerprint density at radius 1 is 0.660 bits per heavy atom. The zero-order valence-electron chi connectivity index (χ0n) is 30.2. The summed E-state index contributed by atoms with van der Waals surface area (Å²) in [7, 11) is 9.79. The van der Waals surface area contributed by atoms with E-state index in [1.165, 1.54) is 9.79 Å². The lowest BCUT2D eigenvalue weighted by Gasteiger charge is -2.16. The summed E-state index contributed by atoms with van der Waals surface area (Å²) in [5.74, 6) is 3.03. The Morgan fingerprint density at radius 2 is 1.08 bits per heavy atom. The minimum absolute atomic E-state index is 0.0177. The number of ether oxygens (including phenoxy) is 2. The highest BCUT2D eigenvalue weighted by molar-refractivity contribution is 7.98. The molecule has 4 N–H and O–H groups in total. The van der Waals surface area contributed by atoms with Crippen LogP contribution in [0.1, 0.15) is 35.1 Å². The zero-order chi connectivity index (χ0) is 36.5. The van der Waals surface area contributed by atoms with Crippen molar-refractivity contribution in [1.29, 1.82) is 0 Å². The summed E-state index contributed by atoms with van der Waals surface area (Å²) in [6.07, 6.45) is 6.25. The third-order valence-corrected chi connectivity index (χ3v) is 8.85. The maximum Gasteiger partial charge on any atom is 0.234 e. The fourth-order valence-corrected chi connectivity index (χ4v) is 5.79. The molecule has 11 heteroatoms. The minimum Gasteiger partial charge on any atom is -0.457 e. The maximum absolute atomic E-state index is 11.6. The molecule has 4 aromatic carbocycles. The molecule has 9 nitrogen and oxygen atoms in total. The summed E-state index contributed by atoms with van der Waals surface area (Å²) in [5.41, 5.74) is 14.9. The van der Waals surface area contributed by atoms with Crippen LogP contribution in [0.15, 0.2) is 94.7 Å². The summed E-state index contributed by atoms with van der Waals surface area (Å²) in [5, 5.41) is 0. The largest absolute Gasteiger partial charge is 0.457 e. The second kappa shape index (κ2) is 21.3. The zero-order valence-corrected chi connectivity index (χ0v) is 31.9. The van der Waals surface area contributed by atoms with Crippen molar-refractivity contribution in [3.8, 4) is 23.0 Å². The lowest BCUT2D eigenvalue weighted by Crippen LogP contribution is -2.34. The summed E-state index contributed by atoms with van der Waals surface area (Å²) < 4.78 is 12.2. The Morgan fingerprint density at radius 3 is 1.44 bits per heavy atom. The predicted octanol–water partition coefficient (Wildman–Crippen LogP) is 7.13. The quantitative estimate of drug-likeness (QED) is 0.0777. The number of carbonyl (C=O) groups is 2. The van der Waals surface area contributed by atoms with Crippen LogP contribution < -0.4 is 26.1 Å². The fraction of sp³-hybridized carbons (Fsp3) is 0.333. The van der Waals surface area contributed by atoms with E-state index in [4.69, 9.17) is 15.2 Å². The standard InChI is InChI=1S/C20H27N3O2S.C19H24N2O2S/c1-21-22-20(24)12-6-15-5-11-19(16(13-15)14-23(2)3)25-17-7-9-18(26-4)10-8-17;1-21(2)13-15-12-14(5-11-19(20)22)4-10-18(15)23-16-6-8-17(24-3)9-7-16/h5,7-11,13,21H,6,12,14H2,1-4H3,(H,22,24);4,6-10,12H,5,11,13H2,1-3H3,(H2,20,22). The van der Waals surface area contributed by atoms with Crippen molar-refractivity contribution in [1.82, 2.24) is 20.7 Å². The molecule has 268 valence electrons. The van der Waals surface area contributed by atoms with Crippen molar-refractivity contribution in [3.05, 3.63) is 107 Å². The summed E-state index contributed by atoms with van der Waals surface area (Å²) in [6, 6.07) is 28.3. The number of amides is 2. The third-order valence-electron chi connectivity index (χ3n) is 7.36. The van der Waals surface area contributed by atoms with Gasteiger partial charge in [0.25, 0.3) is 0 Å². The van der Waals surface area contributed by atoms with E-state index in [-0.39, 0.29) is 11.8 Å². The fourth-order valence-electron chi connectivity index (χ4n) is 4.97.